The molecule has 1 aromatic carbocycles. The summed E-state index contributed by atoms with van der Waals surface area (Å²) in [5.74, 6) is -0.997. The average molecular weight is 305 g/mol. The quantitative estimate of drug-likeness (QED) is 0.824. The highest BCUT2D eigenvalue weighted by atomic mass is 32.1. The van der Waals surface area contributed by atoms with Gasteiger partial charge in [-0.25, -0.2) is 9.78 Å². The minimum atomic E-state index is -0.997. The van der Waals surface area contributed by atoms with Crippen LogP contribution >= 0.6 is 11.3 Å². The van der Waals surface area contributed by atoms with Crippen molar-refractivity contribution in [1.29, 1.82) is 0 Å². The van der Waals surface area contributed by atoms with Gasteiger partial charge in [-0.1, -0.05) is 43.7 Å². The zero-order chi connectivity index (χ0) is 15.2. The summed E-state index contributed by atoms with van der Waals surface area (Å²) in [6.45, 7) is 4.61. The van der Waals surface area contributed by atoms with Gasteiger partial charge in [0.1, 0.15) is 11.1 Å². The Morgan fingerprint density at radius 2 is 2.05 bits per heavy atom. The van der Waals surface area contributed by atoms with E-state index in [1.54, 1.807) is 0 Å². The van der Waals surface area contributed by atoms with E-state index in [2.05, 4.69) is 11.9 Å². The maximum absolute atomic E-state index is 11.5. The molecule has 1 heterocycles. The number of carbonyl (C=O) groups is 1. The van der Waals surface area contributed by atoms with Crippen LogP contribution in [0.5, 0.6) is 0 Å². The predicted molar refractivity (Wildman–Crippen MR) is 83.8 cm³/mol. The van der Waals surface area contributed by atoms with Crippen LogP contribution in [-0.4, -0.2) is 22.7 Å². The monoisotopic (exact) mass is 305 g/mol. The maximum atomic E-state index is 11.5. The van der Waals surface area contributed by atoms with Crippen LogP contribution in [0.2, 0.25) is 0 Å². The molecule has 5 heteroatoms. The van der Waals surface area contributed by atoms with Crippen molar-refractivity contribution in [2.24, 2.45) is 0 Å². The molecule has 0 saturated heterocycles. The molecule has 0 saturated carbocycles. The molecule has 21 heavy (non-hydrogen) atoms. The third kappa shape index (κ3) is 3.68. The number of hydrogen-bond acceptors (Lipinski definition) is 4. The summed E-state index contributed by atoms with van der Waals surface area (Å²) < 4.78 is 5.71. The number of rotatable bonds is 7. The van der Waals surface area contributed by atoms with Crippen LogP contribution in [0, 0.1) is 0 Å². The van der Waals surface area contributed by atoms with E-state index < -0.39 is 5.97 Å². The highest BCUT2D eigenvalue weighted by Gasteiger charge is 2.23. The Morgan fingerprint density at radius 3 is 2.62 bits per heavy atom. The van der Waals surface area contributed by atoms with Crippen molar-refractivity contribution in [3.05, 3.63) is 41.0 Å². The van der Waals surface area contributed by atoms with Gasteiger partial charge < -0.3 is 9.84 Å². The van der Waals surface area contributed by atoms with E-state index in [0.717, 1.165) is 23.4 Å². The number of benzene rings is 1. The lowest BCUT2D eigenvalue weighted by Gasteiger charge is -2.12. The van der Waals surface area contributed by atoms with E-state index in [1.165, 1.54) is 11.3 Å². The number of aromatic nitrogens is 1. The van der Waals surface area contributed by atoms with Gasteiger partial charge in [-0.15, -0.1) is 11.3 Å². The maximum Gasteiger partial charge on any atom is 0.356 e. The van der Waals surface area contributed by atoms with Crippen LogP contribution in [0.3, 0.4) is 0 Å². The molecule has 0 radical (unpaired) electrons. The topological polar surface area (TPSA) is 59.4 Å². The van der Waals surface area contributed by atoms with Crippen LogP contribution in [0.25, 0.3) is 10.4 Å². The Bertz CT molecular complexity index is 589. The fraction of sp³-hybridized carbons (Fsp3) is 0.375. The van der Waals surface area contributed by atoms with Crippen LogP contribution in [0.4, 0.5) is 0 Å². The highest BCUT2D eigenvalue weighted by Crippen LogP contribution is 2.35. The first-order valence-electron chi connectivity index (χ1n) is 7.08. The van der Waals surface area contributed by atoms with E-state index in [1.807, 2.05) is 37.3 Å². The number of ether oxygens (including phenoxy) is 1. The first-order chi connectivity index (χ1) is 10.2. The Balaban J connectivity index is 2.43. The Hall–Kier alpha value is -1.72. The second-order valence-electron chi connectivity index (χ2n) is 4.63. The Kier molecular flexibility index (Phi) is 5.47. The third-order valence-electron chi connectivity index (χ3n) is 3.08. The number of carboxylic acids is 1. The summed E-state index contributed by atoms with van der Waals surface area (Å²) in [4.78, 5) is 16.5. The summed E-state index contributed by atoms with van der Waals surface area (Å²) in [5.41, 5.74) is 0.993. The first kappa shape index (κ1) is 15.7. The fourth-order valence-corrected chi connectivity index (χ4v) is 3.29. The fourth-order valence-electron chi connectivity index (χ4n) is 2.15. The summed E-state index contributed by atoms with van der Waals surface area (Å²) in [6.07, 6.45) is 1.68. The molecule has 0 aliphatic heterocycles. The number of nitrogens with zero attached hydrogens (tertiary/aromatic N) is 1. The molecular formula is C16H19NO3S. The lowest BCUT2D eigenvalue weighted by atomic mass is 10.1. The average Bonchev–Trinajstić information content (AvgIpc) is 2.93. The summed E-state index contributed by atoms with van der Waals surface area (Å²) in [7, 11) is 0. The molecule has 0 bridgehead atoms. The number of thiazole rings is 1. The lowest BCUT2D eigenvalue weighted by Crippen LogP contribution is -2.05. The molecule has 2 aromatic rings. The molecular weight excluding hydrogens is 286 g/mol. The summed E-state index contributed by atoms with van der Waals surface area (Å²) in [5, 5.41) is 10.1. The second kappa shape index (κ2) is 7.33. The lowest BCUT2D eigenvalue weighted by molar-refractivity contribution is 0.0550. The molecule has 1 aromatic heterocycles. The standard InChI is InChI=1S/C16H19NO3S/c1-3-8-12(20-4-2)15-17-13(16(18)19)14(21-15)11-9-6-5-7-10-11/h5-7,9-10,12H,3-4,8H2,1-2H3,(H,18,19). The van der Waals surface area contributed by atoms with E-state index in [4.69, 9.17) is 4.74 Å². The van der Waals surface area contributed by atoms with Gasteiger partial charge in [0, 0.05) is 6.61 Å². The zero-order valence-corrected chi connectivity index (χ0v) is 13.0. The Labute approximate surface area is 128 Å². The number of carboxylic acid groups (broad SMARTS) is 1. The minimum absolute atomic E-state index is 0.113. The molecule has 0 aliphatic rings. The van der Waals surface area contributed by atoms with Crippen LogP contribution < -0.4 is 0 Å². The van der Waals surface area contributed by atoms with Crippen LogP contribution in [0.15, 0.2) is 30.3 Å². The van der Waals surface area contributed by atoms with Gasteiger partial charge in [-0.2, -0.15) is 0 Å². The first-order valence-corrected chi connectivity index (χ1v) is 7.90. The molecule has 2 rings (SSSR count). The van der Waals surface area contributed by atoms with Gasteiger partial charge in [-0.05, 0) is 18.9 Å². The predicted octanol–water partition coefficient (Wildman–Crippen LogP) is 4.39. The number of aromatic carboxylic acids is 1. The van der Waals surface area contributed by atoms with Gasteiger partial charge in [0.2, 0.25) is 0 Å². The molecule has 0 spiro atoms. The SMILES string of the molecule is CCCC(OCC)c1nc(C(=O)O)c(-c2ccccc2)s1. The molecule has 1 atom stereocenters. The van der Waals surface area contributed by atoms with Crippen molar-refractivity contribution in [3.8, 4) is 10.4 Å². The molecule has 0 amide bonds. The van der Waals surface area contributed by atoms with E-state index in [0.29, 0.717) is 11.5 Å². The zero-order valence-electron chi connectivity index (χ0n) is 12.2. The van der Waals surface area contributed by atoms with Crippen LogP contribution in [-0.2, 0) is 4.74 Å². The molecule has 4 nitrogen and oxygen atoms in total. The molecule has 0 aliphatic carbocycles. The van der Waals surface area contributed by atoms with Gasteiger partial charge in [0.25, 0.3) is 0 Å². The van der Waals surface area contributed by atoms with E-state index in [9.17, 15) is 9.90 Å². The number of hydrogen-bond donors (Lipinski definition) is 1. The molecule has 112 valence electrons. The van der Waals surface area contributed by atoms with E-state index in [-0.39, 0.29) is 11.8 Å². The van der Waals surface area contributed by atoms with Crippen molar-refractivity contribution in [3.63, 3.8) is 0 Å². The van der Waals surface area contributed by atoms with Gasteiger partial charge >= 0.3 is 5.97 Å². The van der Waals surface area contributed by atoms with Crippen molar-refractivity contribution >= 4 is 17.3 Å². The minimum Gasteiger partial charge on any atom is -0.476 e. The molecule has 0 fully saturated rings. The second-order valence-corrected chi connectivity index (χ2v) is 5.66. The normalized spacial score (nSPS) is 12.3. The van der Waals surface area contributed by atoms with Crippen molar-refractivity contribution in [2.75, 3.05) is 6.61 Å². The highest BCUT2D eigenvalue weighted by molar-refractivity contribution is 7.15. The smallest absolute Gasteiger partial charge is 0.356 e. The van der Waals surface area contributed by atoms with Gasteiger partial charge in [0.15, 0.2) is 5.69 Å². The summed E-state index contributed by atoms with van der Waals surface area (Å²) >= 11 is 1.41. The third-order valence-corrected chi connectivity index (χ3v) is 4.27. The largest absolute Gasteiger partial charge is 0.476 e. The van der Waals surface area contributed by atoms with Gasteiger partial charge in [0.05, 0.1) is 4.88 Å². The van der Waals surface area contributed by atoms with Crippen LogP contribution in [0.1, 0.15) is 48.3 Å². The van der Waals surface area contributed by atoms with Gasteiger partial charge in [-0.3, -0.25) is 0 Å². The van der Waals surface area contributed by atoms with Crippen molar-refractivity contribution in [2.45, 2.75) is 32.8 Å². The Morgan fingerprint density at radius 1 is 1.33 bits per heavy atom. The summed E-state index contributed by atoms with van der Waals surface area (Å²) in [6, 6.07) is 9.50. The molecule has 1 unspecified atom stereocenters. The van der Waals surface area contributed by atoms with E-state index >= 15 is 0 Å². The van der Waals surface area contributed by atoms with Crippen molar-refractivity contribution < 1.29 is 14.6 Å². The molecule has 1 N–H and O–H groups in total. The van der Waals surface area contributed by atoms with Crippen molar-refractivity contribution in [1.82, 2.24) is 4.98 Å².